The van der Waals surface area contributed by atoms with Gasteiger partial charge in [0.15, 0.2) is 17.5 Å². The van der Waals surface area contributed by atoms with Gasteiger partial charge in [0.05, 0.1) is 21.3 Å². The number of methoxy groups -OCH3 is 3. The number of aryl methyl sites for hydroxylation is 1. The highest BCUT2D eigenvalue weighted by atomic mass is 16.5. The number of carbonyl (C=O) groups excluding carboxylic acids is 1. The summed E-state index contributed by atoms with van der Waals surface area (Å²) in [5, 5.41) is 12.1. The number of alkyl carbamates (subject to hydrolysis) is 1. The van der Waals surface area contributed by atoms with E-state index in [-0.39, 0.29) is 23.7 Å². The predicted molar refractivity (Wildman–Crippen MR) is 101 cm³/mol. The summed E-state index contributed by atoms with van der Waals surface area (Å²) >= 11 is 0. The Kier molecular flexibility index (Phi) is 7.08. The molecule has 1 atom stereocenters. The molecule has 8 heteroatoms. The molecule has 2 N–H and O–H groups in total. The number of ether oxygens (including phenoxy) is 4. The van der Waals surface area contributed by atoms with E-state index in [0.717, 1.165) is 5.56 Å². The molecule has 2 aromatic rings. The smallest absolute Gasteiger partial charge is 0.408 e. The van der Waals surface area contributed by atoms with E-state index >= 15 is 0 Å². The van der Waals surface area contributed by atoms with E-state index in [1.807, 2.05) is 18.2 Å². The minimum Gasteiger partial charge on any atom is -0.493 e. The van der Waals surface area contributed by atoms with E-state index in [1.54, 1.807) is 25.1 Å². The van der Waals surface area contributed by atoms with Crippen LogP contribution in [0.4, 0.5) is 4.79 Å². The van der Waals surface area contributed by atoms with Crippen molar-refractivity contribution in [1.82, 2.24) is 5.32 Å². The molecule has 0 spiro atoms. The molecule has 2 rings (SSSR count). The SMILES string of the molecule is COc1cc(C)c(C(NC(=O)OCc2ccccc2)C(=O)O)c(OC)c1OC. The molecule has 1 amide bonds. The predicted octanol–water partition coefficient (Wildman–Crippen LogP) is 3.07. The first-order valence-corrected chi connectivity index (χ1v) is 8.42. The molecule has 0 heterocycles. The third-order valence-corrected chi connectivity index (χ3v) is 4.09. The zero-order valence-electron chi connectivity index (χ0n) is 16.1. The number of amides is 1. The van der Waals surface area contributed by atoms with E-state index in [9.17, 15) is 14.7 Å². The van der Waals surface area contributed by atoms with Gasteiger partial charge in [0.1, 0.15) is 6.61 Å². The van der Waals surface area contributed by atoms with Crippen molar-refractivity contribution in [3.8, 4) is 17.2 Å². The summed E-state index contributed by atoms with van der Waals surface area (Å²) in [6, 6.07) is 9.27. The lowest BCUT2D eigenvalue weighted by Gasteiger charge is -2.22. The van der Waals surface area contributed by atoms with Crippen LogP contribution in [0.15, 0.2) is 36.4 Å². The molecular formula is C20H23NO7. The number of carbonyl (C=O) groups is 2. The first-order chi connectivity index (χ1) is 13.4. The lowest BCUT2D eigenvalue weighted by atomic mass is 9.98. The van der Waals surface area contributed by atoms with Crippen molar-refractivity contribution in [3.63, 3.8) is 0 Å². The molecule has 0 fully saturated rings. The normalized spacial score (nSPS) is 11.3. The van der Waals surface area contributed by atoms with Crippen molar-refractivity contribution >= 4 is 12.1 Å². The van der Waals surface area contributed by atoms with Gasteiger partial charge in [-0.05, 0) is 24.1 Å². The fraction of sp³-hybridized carbons (Fsp3) is 0.300. The van der Waals surface area contributed by atoms with Crippen LogP contribution in [0.25, 0.3) is 0 Å². The van der Waals surface area contributed by atoms with E-state index < -0.39 is 18.1 Å². The number of carboxylic acid groups (broad SMARTS) is 1. The second-order valence-electron chi connectivity index (χ2n) is 5.85. The molecule has 0 aliphatic heterocycles. The molecule has 150 valence electrons. The summed E-state index contributed by atoms with van der Waals surface area (Å²) in [6.45, 7) is 1.70. The zero-order valence-corrected chi connectivity index (χ0v) is 16.1. The van der Waals surface area contributed by atoms with Crippen molar-refractivity contribution < 1.29 is 33.6 Å². The van der Waals surface area contributed by atoms with Crippen molar-refractivity contribution in [2.75, 3.05) is 21.3 Å². The highest BCUT2D eigenvalue weighted by molar-refractivity contribution is 5.83. The molecule has 0 aromatic heterocycles. The van der Waals surface area contributed by atoms with Gasteiger partial charge in [-0.2, -0.15) is 0 Å². The van der Waals surface area contributed by atoms with Crippen LogP contribution in [-0.4, -0.2) is 38.5 Å². The van der Waals surface area contributed by atoms with Crippen molar-refractivity contribution in [2.24, 2.45) is 0 Å². The van der Waals surface area contributed by atoms with Gasteiger partial charge in [-0.1, -0.05) is 30.3 Å². The lowest BCUT2D eigenvalue weighted by molar-refractivity contribution is -0.139. The molecule has 28 heavy (non-hydrogen) atoms. The number of hydrogen-bond acceptors (Lipinski definition) is 6. The van der Waals surface area contributed by atoms with E-state index in [2.05, 4.69) is 5.32 Å². The maximum Gasteiger partial charge on any atom is 0.408 e. The molecule has 0 saturated heterocycles. The van der Waals surface area contributed by atoms with E-state index in [4.69, 9.17) is 18.9 Å². The molecule has 0 aliphatic carbocycles. The Hall–Kier alpha value is -3.42. The van der Waals surface area contributed by atoms with E-state index in [0.29, 0.717) is 11.3 Å². The number of benzene rings is 2. The Morgan fingerprint density at radius 1 is 1.04 bits per heavy atom. The van der Waals surface area contributed by atoms with Crippen LogP contribution in [-0.2, 0) is 16.1 Å². The first-order valence-electron chi connectivity index (χ1n) is 8.42. The van der Waals surface area contributed by atoms with Crippen molar-refractivity contribution in [3.05, 3.63) is 53.1 Å². The largest absolute Gasteiger partial charge is 0.493 e. The van der Waals surface area contributed by atoms with Crippen LogP contribution >= 0.6 is 0 Å². The fourth-order valence-corrected chi connectivity index (χ4v) is 2.80. The highest BCUT2D eigenvalue weighted by Crippen LogP contribution is 2.44. The van der Waals surface area contributed by atoms with Crippen LogP contribution < -0.4 is 19.5 Å². The second-order valence-corrected chi connectivity index (χ2v) is 5.85. The number of rotatable bonds is 8. The molecule has 0 saturated carbocycles. The quantitative estimate of drug-likeness (QED) is 0.715. The summed E-state index contributed by atoms with van der Waals surface area (Å²) < 4.78 is 21.1. The topological polar surface area (TPSA) is 103 Å². The van der Waals surface area contributed by atoms with Gasteiger partial charge in [-0.15, -0.1) is 0 Å². The van der Waals surface area contributed by atoms with Crippen LogP contribution in [0.1, 0.15) is 22.7 Å². The number of aliphatic carboxylic acids is 1. The Morgan fingerprint density at radius 2 is 1.68 bits per heavy atom. The summed E-state index contributed by atoms with van der Waals surface area (Å²) in [4.78, 5) is 24.1. The monoisotopic (exact) mass is 389 g/mol. The lowest BCUT2D eigenvalue weighted by Crippen LogP contribution is -2.35. The van der Waals surface area contributed by atoms with Crippen LogP contribution in [0.5, 0.6) is 17.2 Å². The van der Waals surface area contributed by atoms with Crippen LogP contribution in [0, 0.1) is 6.92 Å². The molecule has 1 unspecified atom stereocenters. The molecule has 0 bridgehead atoms. The molecule has 2 aromatic carbocycles. The zero-order chi connectivity index (χ0) is 20.7. The summed E-state index contributed by atoms with van der Waals surface area (Å²) in [6.07, 6.45) is -0.868. The second kappa shape index (κ2) is 9.50. The average molecular weight is 389 g/mol. The fourth-order valence-electron chi connectivity index (χ4n) is 2.80. The maximum absolute atomic E-state index is 12.2. The van der Waals surface area contributed by atoms with Crippen LogP contribution in [0.3, 0.4) is 0 Å². The Morgan fingerprint density at radius 3 is 2.21 bits per heavy atom. The first kappa shape index (κ1) is 20.9. The number of hydrogen-bond donors (Lipinski definition) is 2. The van der Waals surface area contributed by atoms with Crippen molar-refractivity contribution in [1.29, 1.82) is 0 Å². The van der Waals surface area contributed by atoms with Gasteiger partial charge in [0.25, 0.3) is 0 Å². The number of carboxylic acids is 1. The van der Waals surface area contributed by atoms with Gasteiger partial charge in [0.2, 0.25) is 5.75 Å². The standard InChI is InChI=1S/C20H23NO7/c1-12-10-14(25-2)17(26-3)18(27-4)15(12)16(19(22)23)21-20(24)28-11-13-8-6-5-7-9-13/h5-10,16H,11H2,1-4H3,(H,21,24)(H,22,23). The molecule has 0 radical (unpaired) electrons. The minimum absolute atomic E-state index is 0.0149. The summed E-state index contributed by atoms with van der Waals surface area (Å²) in [7, 11) is 4.26. The minimum atomic E-state index is -1.40. The molecule has 0 aliphatic rings. The van der Waals surface area contributed by atoms with Crippen LogP contribution in [0.2, 0.25) is 0 Å². The maximum atomic E-state index is 12.2. The number of nitrogens with one attached hydrogen (secondary N) is 1. The Bertz CT molecular complexity index is 836. The van der Waals surface area contributed by atoms with Gasteiger partial charge >= 0.3 is 12.1 Å². The van der Waals surface area contributed by atoms with E-state index in [1.165, 1.54) is 21.3 Å². The Labute approximate surface area is 163 Å². The summed E-state index contributed by atoms with van der Waals surface area (Å²) in [5.74, 6) is -0.493. The molecular weight excluding hydrogens is 366 g/mol. The average Bonchev–Trinajstić information content (AvgIpc) is 2.70. The van der Waals surface area contributed by atoms with Gasteiger partial charge < -0.3 is 29.4 Å². The Balaban J connectivity index is 2.30. The molecule has 8 nitrogen and oxygen atoms in total. The van der Waals surface area contributed by atoms with Gasteiger partial charge in [0, 0.05) is 5.56 Å². The van der Waals surface area contributed by atoms with Crippen molar-refractivity contribution in [2.45, 2.75) is 19.6 Å². The van der Waals surface area contributed by atoms with Gasteiger partial charge in [-0.25, -0.2) is 9.59 Å². The third kappa shape index (κ3) is 4.64. The highest BCUT2D eigenvalue weighted by Gasteiger charge is 2.31. The summed E-state index contributed by atoms with van der Waals surface area (Å²) in [5.41, 5.74) is 1.57. The van der Waals surface area contributed by atoms with Gasteiger partial charge in [-0.3, -0.25) is 0 Å². The third-order valence-electron chi connectivity index (χ3n) is 4.09.